The minimum Gasteiger partial charge on any atom is -0.336 e. The first-order chi connectivity index (χ1) is 9.80. The van der Waals surface area contributed by atoms with Gasteiger partial charge in [0.15, 0.2) is 0 Å². The third-order valence-electron chi connectivity index (χ3n) is 4.01. The third kappa shape index (κ3) is 3.77. The minimum absolute atomic E-state index is 0.0116. The van der Waals surface area contributed by atoms with E-state index < -0.39 is 9.05 Å². The maximum absolute atomic E-state index is 12.6. The molecule has 2 rings (SSSR count). The lowest BCUT2D eigenvalue weighted by atomic mass is 10.1. The van der Waals surface area contributed by atoms with Gasteiger partial charge in [-0.3, -0.25) is 4.79 Å². The summed E-state index contributed by atoms with van der Waals surface area (Å²) in [5, 5.41) is 0. The first-order valence-corrected chi connectivity index (χ1v) is 9.48. The molecule has 21 heavy (non-hydrogen) atoms. The summed E-state index contributed by atoms with van der Waals surface area (Å²) >= 11 is 0. The molecule has 1 atom stereocenters. The van der Waals surface area contributed by atoms with E-state index in [1.54, 1.807) is 19.1 Å². The van der Waals surface area contributed by atoms with Crippen LogP contribution in [0.25, 0.3) is 0 Å². The maximum Gasteiger partial charge on any atom is 0.261 e. The Bertz CT molecular complexity index is 642. The first-order valence-electron chi connectivity index (χ1n) is 7.17. The van der Waals surface area contributed by atoms with Crippen LogP contribution in [0.15, 0.2) is 23.1 Å². The molecule has 0 N–H and O–H groups in total. The number of halogens is 1. The van der Waals surface area contributed by atoms with E-state index in [0.717, 1.165) is 32.2 Å². The number of carbonyl (C=O) groups excluding carboxylic acids is 1. The third-order valence-corrected chi connectivity index (χ3v) is 5.48. The summed E-state index contributed by atoms with van der Waals surface area (Å²) in [5.41, 5.74) is 0.930. The predicted octanol–water partition coefficient (Wildman–Crippen LogP) is 3.33. The molecule has 1 aliphatic heterocycles. The van der Waals surface area contributed by atoms with Gasteiger partial charge in [-0.05, 0) is 44.4 Å². The van der Waals surface area contributed by atoms with Gasteiger partial charge in [-0.2, -0.15) is 0 Å². The van der Waals surface area contributed by atoms with Crippen molar-refractivity contribution in [2.24, 2.45) is 0 Å². The Morgan fingerprint density at radius 2 is 2.00 bits per heavy atom. The average Bonchev–Trinajstić information content (AvgIpc) is 2.62. The highest BCUT2D eigenvalue weighted by atomic mass is 35.7. The van der Waals surface area contributed by atoms with Gasteiger partial charge in [0.25, 0.3) is 15.0 Å². The van der Waals surface area contributed by atoms with Gasteiger partial charge in [0.05, 0.1) is 4.90 Å². The summed E-state index contributed by atoms with van der Waals surface area (Å²) < 4.78 is 23.1. The van der Waals surface area contributed by atoms with E-state index in [-0.39, 0.29) is 16.8 Å². The van der Waals surface area contributed by atoms with Crippen molar-refractivity contribution in [3.8, 4) is 0 Å². The van der Waals surface area contributed by atoms with Crippen LogP contribution in [0.5, 0.6) is 0 Å². The van der Waals surface area contributed by atoms with Crippen LogP contribution in [0, 0.1) is 6.92 Å². The van der Waals surface area contributed by atoms with Crippen molar-refractivity contribution in [3.63, 3.8) is 0 Å². The number of hydrogen-bond donors (Lipinski definition) is 0. The van der Waals surface area contributed by atoms with E-state index in [1.165, 1.54) is 6.07 Å². The van der Waals surface area contributed by atoms with Crippen LogP contribution in [0.2, 0.25) is 0 Å². The molecular weight excluding hydrogens is 310 g/mol. The van der Waals surface area contributed by atoms with Gasteiger partial charge in [0.2, 0.25) is 0 Å². The highest BCUT2D eigenvalue weighted by Crippen LogP contribution is 2.24. The number of nitrogens with zero attached hydrogens (tertiary/aromatic N) is 1. The lowest BCUT2D eigenvalue weighted by Gasteiger charge is -2.27. The second-order valence-corrected chi connectivity index (χ2v) is 8.15. The van der Waals surface area contributed by atoms with Crippen LogP contribution in [-0.2, 0) is 9.05 Å². The monoisotopic (exact) mass is 329 g/mol. The number of aryl methyl sites for hydroxylation is 1. The highest BCUT2D eigenvalue weighted by molar-refractivity contribution is 8.13. The molecule has 1 aromatic carbocycles. The number of likely N-dealkylation sites (tertiary alicyclic amines) is 1. The van der Waals surface area contributed by atoms with Crippen LogP contribution < -0.4 is 0 Å². The summed E-state index contributed by atoms with van der Waals surface area (Å²) in [5.74, 6) is -0.119. The van der Waals surface area contributed by atoms with Gasteiger partial charge in [0.1, 0.15) is 0 Å². The van der Waals surface area contributed by atoms with Crippen molar-refractivity contribution in [2.75, 3.05) is 6.54 Å². The number of benzene rings is 1. The molecule has 0 spiro atoms. The zero-order chi connectivity index (χ0) is 15.6. The van der Waals surface area contributed by atoms with Crippen molar-refractivity contribution >= 4 is 25.6 Å². The van der Waals surface area contributed by atoms with Gasteiger partial charge in [-0.1, -0.05) is 18.9 Å². The summed E-state index contributed by atoms with van der Waals surface area (Å²) in [6, 6.07) is 4.86. The molecule has 1 aliphatic rings. The molecule has 6 heteroatoms. The van der Waals surface area contributed by atoms with E-state index in [0.29, 0.717) is 11.1 Å². The number of hydrogen-bond acceptors (Lipinski definition) is 3. The average molecular weight is 330 g/mol. The van der Waals surface area contributed by atoms with Crippen LogP contribution in [0.1, 0.15) is 48.5 Å². The number of rotatable bonds is 2. The Morgan fingerprint density at radius 1 is 1.29 bits per heavy atom. The van der Waals surface area contributed by atoms with Crippen molar-refractivity contribution in [2.45, 2.75) is 50.5 Å². The van der Waals surface area contributed by atoms with Crippen LogP contribution in [0.4, 0.5) is 0 Å². The smallest absolute Gasteiger partial charge is 0.261 e. The molecule has 0 bridgehead atoms. The Morgan fingerprint density at radius 3 is 2.67 bits per heavy atom. The Balaban J connectivity index is 2.35. The second-order valence-electron chi connectivity index (χ2n) is 5.62. The van der Waals surface area contributed by atoms with Crippen molar-refractivity contribution < 1.29 is 13.2 Å². The Hall–Kier alpha value is -1.07. The van der Waals surface area contributed by atoms with E-state index in [9.17, 15) is 13.2 Å². The molecule has 0 radical (unpaired) electrons. The molecule has 0 aromatic heterocycles. The first kappa shape index (κ1) is 16.3. The zero-order valence-electron chi connectivity index (χ0n) is 12.3. The predicted molar refractivity (Wildman–Crippen MR) is 83.2 cm³/mol. The van der Waals surface area contributed by atoms with Crippen LogP contribution in [0.3, 0.4) is 0 Å². The minimum atomic E-state index is -3.84. The molecule has 1 heterocycles. The lowest BCUT2D eigenvalue weighted by molar-refractivity contribution is 0.0697. The van der Waals surface area contributed by atoms with E-state index in [2.05, 4.69) is 0 Å². The summed E-state index contributed by atoms with van der Waals surface area (Å²) in [6.45, 7) is 4.42. The normalized spacial score (nSPS) is 20.1. The molecule has 0 aliphatic carbocycles. The molecule has 1 amide bonds. The number of amides is 1. The van der Waals surface area contributed by atoms with Gasteiger partial charge in [0, 0.05) is 28.8 Å². The maximum atomic E-state index is 12.6. The van der Waals surface area contributed by atoms with Crippen molar-refractivity contribution in [1.29, 1.82) is 0 Å². The topological polar surface area (TPSA) is 54.5 Å². The molecule has 4 nitrogen and oxygen atoms in total. The fourth-order valence-electron chi connectivity index (χ4n) is 2.74. The fourth-order valence-corrected chi connectivity index (χ4v) is 3.96. The largest absolute Gasteiger partial charge is 0.336 e. The van der Waals surface area contributed by atoms with E-state index >= 15 is 0 Å². The van der Waals surface area contributed by atoms with Crippen LogP contribution in [-0.4, -0.2) is 31.8 Å². The van der Waals surface area contributed by atoms with Gasteiger partial charge in [-0.15, -0.1) is 0 Å². The molecule has 116 valence electrons. The zero-order valence-corrected chi connectivity index (χ0v) is 13.9. The summed E-state index contributed by atoms with van der Waals surface area (Å²) in [7, 11) is 1.59. The SMILES string of the molecule is Cc1ccc(C(=O)N2CCCCCC2C)cc1S(=O)(=O)Cl. The summed E-state index contributed by atoms with van der Waals surface area (Å²) in [6.07, 6.45) is 4.23. The quantitative estimate of drug-likeness (QED) is 0.782. The van der Waals surface area contributed by atoms with Gasteiger partial charge < -0.3 is 4.90 Å². The lowest BCUT2D eigenvalue weighted by Crippen LogP contribution is -2.38. The second kappa shape index (κ2) is 6.36. The highest BCUT2D eigenvalue weighted by Gasteiger charge is 2.24. The van der Waals surface area contributed by atoms with E-state index in [1.807, 2.05) is 11.8 Å². The standard InChI is InChI=1S/C15H20ClNO3S/c1-11-7-8-13(10-14(11)21(16,19)20)15(18)17-9-5-3-4-6-12(17)2/h7-8,10,12H,3-6,9H2,1-2H3. The van der Waals surface area contributed by atoms with Crippen molar-refractivity contribution in [3.05, 3.63) is 29.3 Å². The van der Waals surface area contributed by atoms with Gasteiger partial charge in [-0.25, -0.2) is 8.42 Å². The Labute approximate surface area is 130 Å². The van der Waals surface area contributed by atoms with E-state index in [4.69, 9.17) is 10.7 Å². The molecule has 1 unspecified atom stereocenters. The van der Waals surface area contributed by atoms with Gasteiger partial charge >= 0.3 is 0 Å². The molecule has 1 aromatic rings. The molecule has 1 fully saturated rings. The fraction of sp³-hybridized carbons (Fsp3) is 0.533. The summed E-state index contributed by atoms with van der Waals surface area (Å²) in [4.78, 5) is 14.5. The molecule has 0 saturated carbocycles. The molecular formula is C15H20ClNO3S. The number of carbonyl (C=O) groups is 1. The van der Waals surface area contributed by atoms with Crippen LogP contribution >= 0.6 is 10.7 Å². The molecule has 1 saturated heterocycles. The van der Waals surface area contributed by atoms with Crippen molar-refractivity contribution in [1.82, 2.24) is 4.90 Å². The Kier molecular flexibility index (Phi) is 4.94.